The lowest BCUT2D eigenvalue weighted by molar-refractivity contribution is 0.0464. The summed E-state index contributed by atoms with van der Waals surface area (Å²) in [4.78, 5) is 73.3. The van der Waals surface area contributed by atoms with Crippen LogP contribution in [-0.2, 0) is 45.4 Å². The molecule has 0 amide bonds. The summed E-state index contributed by atoms with van der Waals surface area (Å²) < 4.78 is 27.8. The number of benzene rings is 14. The Balaban J connectivity index is 0.882. The Labute approximate surface area is 654 Å². The van der Waals surface area contributed by atoms with Gasteiger partial charge in [0.25, 0.3) is 0 Å². The van der Waals surface area contributed by atoms with E-state index < -0.39 is 23.9 Å². The number of hydrogen-bond donors (Lipinski definition) is 0. The molecule has 17 aromatic rings. The van der Waals surface area contributed by atoms with E-state index in [1.54, 1.807) is 72.8 Å². The van der Waals surface area contributed by atoms with Gasteiger partial charge < -0.3 is 28.1 Å². The van der Waals surface area contributed by atoms with Crippen molar-refractivity contribution in [1.29, 1.82) is 15.8 Å². The van der Waals surface area contributed by atoms with E-state index in [0.29, 0.717) is 111 Å². The van der Waals surface area contributed by atoms with Crippen molar-refractivity contribution in [2.75, 3.05) is 0 Å². The van der Waals surface area contributed by atoms with Gasteiger partial charge >= 0.3 is 23.9 Å². The second kappa shape index (κ2) is 31.3. The molecular formula is C98H62N8O8. The summed E-state index contributed by atoms with van der Waals surface area (Å²) in [5, 5.41) is 33.4. The fourth-order valence-corrected chi connectivity index (χ4v) is 14.4. The molecule has 0 atom stereocenters. The number of carbonyl (C=O) groups is 4. The van der Waals surface area contributed by atoms with E-state index in [2.05, 4.69) is 27.3 Å². The van der Waals surface area contributed by atoms with Gasteiger partial charge in [0.15, 0.2) is 17.5 Å². The maximum absolute atomic E-state index is 14.2. The van der Waals surface area contributed by atoms with Crippen LogP contribution in [0.15, 0.2) is 328 Å². The Morgan fingerprint density at radius 3 is 0.921 bits per heavy atom. The molecule has 0 radical (unpaired) electrons. The third-order valence-electron chi connectivity index (χ3n) is 20.0. The van der Waals surface area contributed by atoms with E-state index >= 15 is 0 Å². The molecule has 16 nitrogen and oxygen atoms in total. The lowest BCUT2D eigenvalue weighted by Gasteiger charge is -2.17. The molecule has 0 saturated carbocycles. The first-order chi connectivity index (χ1) is 56.0. The number of fused-ring (bicyclic) bond motifs is 6. The van der Waals surface area contributed by atoms with E-state index in [1.807, 2.05) is 255 Å². The molecule has 542 valence electrons. The molecule has 3 aromatic heterocycles. The molecule has 0 spiro atoms. The number of hydrogen-bond acceptors (Lipinski definition) is 14. The van der Waals surface area contributed by atoms with Gasteiger partial charge in [-0.2, -0.15) is 15.8 Å². The number of aromatic nitrogens is 5. The van der Waals surface area contributed by atoms with Crippen molar-refractivity contribution >= 4 is 67.5 Å². The monoisotopic (exact) mass is 1480 g/mol. The van der Waals surface area contributed by atoms with E-state index in [1.165, 1.54) is 0 Å². The number of nitrogens with zero attached hydrogens (tertiary/aromatic N) is 8. The van der Waals surface area contributed by atoms with E-state index in [4.69, 9.17) is 33.9 Å². The molecule has 3 heterocycles. The van der Waals surface area contributed by atoms with Gasteiger partial charge in [0.1, 0.15) is 26.4 Å². The molecule has 0 bridgehead atoms. The molecule has 16 heteroatoms. The van der Waals surface area contributed by atoms with Gasteiger partial charge in [-0.25, -0.2) is 34.1 Å². The normalized spacial score (nSPS) is 11.1. The first-order valence-electron chi connectivity index (χ1n) is 36.7. The van der Waals surface area contributed by atoms with Crippen LogP contribution in [0.1, 0.15) is 80.4 Å². The maximum Gasteiger partial charge on any atom is 0.338 e. The lowest BCUT2D eigenvalue weighted by atomic mass is 9.97. The highest BCUT2D eigenvalue weighted by Crippen LogP contribution is 2.42. The van der Waals surface area contributed by atoms with Gasteiger partial charge in [-0.3, -0.25) is 0 Å². The maximum atomic E-state index is 14.2. The number of rotatable bonds is 20. The molecule has 0 unspecified atom stereocenters. The third kappa shape index (κ3) is 14.7. The highest BCUT2D eigenvalue weighted by Gasteiger charge is 2.26. The van der Waals surface area contributed by atoms with Crippen LogP contribution >= 0.6 is 0 Å². The van der Waals surface area contributed by atoms with Gasteiger partial charge in [0.2, 0.25) is 0 Å². The lowest BCUT2D eigenvalue weighted by Crippen LogP contribution is -2.05. The molecule has 0 N–H and O–H groups in total. The van der Waals surface area contributed by atoms with E-state index in [9.17, 15) is 35.0 Å². The van der Waals surface area contributed by atoms with E-state index in [-0.39, 0.29) is 66.2 Å². The number of ether oxygens (including phenoxy) is 4. The molecule has 0 fully saturated rings. The van der Waals surface area contributed by atoms with Crippen LogP contribution in [0.5, 0.6) is 0 Å². The first-order valence-corrected chi connectivity index (χ1v) is 36.7. The summed E-state index contributed by atoms with van der Waals surface area (Å²) in [6, 6.07) is 108. The summed E-state index contributed by atoms with van der Waals surface area (Å²) >= 11 is 0. The second-order valence-electron chi connectivity index (χ2n) is 27.3. The van der Waals surface area contributed by atoms with Crippen LogP contribution in [0.3, 0.4) is 0 Å². The Morgan fingerprint density at radius 1 is 0.263 bits per heavy atom. The minimum absolute atomic E-state index is 0.0424. The number of nitriles is 3. The van der Waals surface area contributed by atoms with Crippen LogP contribution in [0.25, 0.3) is 123 Å². The van der Waals surface area contributed by atoms with Crippen molar-refractivity contribution in [2.45, 2.75) is 26.4 Å². The average molecular weight is 1480 g/mol. The predicted octanol–water partition coefficient (Wildman–Crippen LogP) is 21.1. The molecular weight excluding hydrogens is 1420 g/mol. The Bertz CT molecular complexity index is 6220. The smallest absolute Gasteiger partial charge is 0.338 e. The second-order valence-corrected chi connectivity index (χ2v) is 27.3. The zero-order valence-corrected chi connectivity index (χ0v) is 60.8. The van der Waals surface area contributed by atoms with Gasteiger partial charge in [0.05, 0.1) is 79.2 Å². The Kier molecular flexibility index (Phi) is 19.5. The average Bonchev–Trinajstić information content (AvgIpc) is 1.57. The fraction of sp³-hybridized carbons (Fsp3) is 0.0408. The molecule has 14 aromatic carbocycles. The van der Waals surface area contributed by atoms with Crippen molar-refractivity contribution in [3.63, 3.8) is 0 Å². The molecule has 0 aliphatic rings. The SMILES string of the molecule is N#Cc1ccc(-c2ccccc2-c2nc(-c3cc(-c4cccc(C#N)c4)cc(-n4c5ccc(C(=O)OCc6ccccc6)cc5c5cc(C(=O)OCc6ccccc6)ccc54)c3)nc(-c3cc(-c4cccc(C#N)c4)cc(-n4c5ccc(C(=O)OCc6ccccc6)cc5c5cc(C(=O)OCc6ccccc6)ccc54)c3)n2)cc1. The zero-order chi connectivity index (χ0) is 77.6. The van der Waals surface area contributed by atoms with Crippen molar-refractivity contribution in [3.8, 4) is 97.1 Å². The van der Waals surface area contributed by atoms with Gasteiger partial charge in [0, 0.05) is 49.6 Å². The van der Waals surface area contributed by atoms with Gasteiger partial charge in [-0.15, -0.1) is 0 Å². The van der Waals surface area contributed by atoms with Crippen molar-refractivity contribution in [2.24, 2.45) is 0 Å². The van der Waals surface area contributed by atoms with E-state index in [0.717, 1.165) is 33.4 Å². The minimum atomic E-state index is -0.549. The number of carbonyl (C=O) groups excluding carboxylic acids is 4. The molecule has 0 saturated heterocycles. The highest BCUT2D eigenvalue weighted by atomic mass is 16.5. The Morgan fingerprint density at radius 2 is 0.579 bits per heavy atom. The summed E-state index contributed by atoms with van der Waals surface area (Å²) in [7, 11) is 0. The summed E-state index contributed by atoms with van der Waals surface area (Å²) in [6.07, 6.45) is 0. The molecule has 0 aliphatic carbocycles. The van der Waals surface area contributed by atoms with Crippen molar-refractivity contribution < 1.29 is 38.1 Å². The largest absolute Gasteiger partial charge is 0.457 e. The first kappa shape index (κ1) is 71.0. The van der Waals surface area contributed by atoms with Gasteiger partial charge in [-0.05, 0) is 201 Å². The van der Waals surface area contributed by atoms with Crippen LogP contribution in [-0.4, -0.2) is 48.0 Å². The predicted molar refractivity (Wildman–Crippen MR) is 438 cm³/mol. The van der Waals surface area contributed by atoms with Gasteiger partial charge in [-0.1, -0.05) is 182 Å². The van der Waals surface area contributed by atoms with Crippen LogP contribution in [0.2, 0.25) is 0 Å². The molecule has 0 aliphatic heterocycles. The summed E-state index contributed by atoms with van der Waals surface area (Å²) in [5.74, 6) is -1.46. The van der Waals surface area contributed by atoms with Crippen LogP contribution < -0.4 is 0 Å². The van der Waals surface area contributed by atoms with Crippen molar-refractivity contribution in [3.05, 3.63) is 389 Å². The molecule has 17 rings (SSSR count). The molecule has 114 heavy (non-hydrogen) atoms. The van der Waals surface area contributed by atoms with Crippen molar-refractivity contribution in [1.82, 2.24) is 24.1 Å². The standard InChI is InChI=1S/C98H62N8O8/c99-55-62-31-33-69(34-32-62)82-29-13-14-30-83(82)94-103-92(78-45-76(70-27-15-25-67(43-70)56-100)47-80(49-78)105-88-39-35-72(95(107)111-58-63-17-5-1-6-18-63)51-84(88)85-52-73(36-40-89(85)105)96(108)112-59-64-19-7-2-8-20-64)102-93(104-94)79-46-77(71-28-16-26-68(44-71)57-101)48-81(50-79)106-90-41-37-74(97(109)113-60-65-21-9-3-10-22-65)53-86(90)87-54-75(38-42-91(87)106)98(110)114-61-66-23-11-4-12-24-66/h1-54H,58-61H2. The highest BCUT2D eigenvalue weighted by molar-refractivity contribution is 6.15. The third-order valence-corrected chi connectivity index (χ3v) is 20.0. The minimum Gasteiger partial charge on any atom is -0.457 e. The van der Waals surface area contributed by atoms with Crippen LogP contribution in [0.4, 0.5) is 0 Å². The number of esters is 4. The fourth-order valence-electron chi connectivity index (χ4n) is 14.4. The summed E-state index contributed by atoms with van der Waals surface area (Å²) in [5.41, 5.74) is 15.5. The summed E-state index contributed by atoms with van der Waals surface area (Å²) in [6.45, 7) is 0.170. The quantitative estimate of drug-likeness (QED) is 0.0511. The topological polar surface area (TPSA) is 225 Å². The van der Waals surface area contributed by atoms with Crippen LogP contribution in [0, 0.1) is 34.0 Å². The Hall–Kier alpha value is -16.0. The zero-order valence-electron chi connectivity index (χ0n) is 60.8.